The Hall–Kier alpha value is -5.55. The quantitative estimate of drug-likeness (QED) is 0.148. The Balaban J connectivity index is 1.63. The van der Waals surface area contributed by atoms with E-state index in [9.17, 15) is 9.59 Å². The molecule has 0 unspecified atom stereocenters. The summed E-state index contributed by atoms with van der Waals surface area (Å²) in [5, 5.41) is 11.6. The minimum absolute atomic E-state index is 0.227. The van der Waals surface area contributed by atoms with Gasteiger partial charge in [-0.25, -0.2) is 4.79 Å². The van der Waals surface area contributed by atoms with Gasteiger partial charge in [0.2, 0.25) is 5.75 Å². The van der Waals surface area contributed by atoms with Crippen molar-refractivity contribution in [3.8, 4) is 34.4 Å². The van der Waals surface area contributed by atoms with Crippen molar-refractivity contribution < 1.29 is 28.5 Å². The van der Waals surface area contributed by atoms with Gasteiger partial charge in [0, 0.05) is 5.69 Å². The summed E-state index contributed by atoms with van der Waals surface area (Å²) in [6.45, 7) is -0.506. The van der Waals surface area contributed by atoms with Gasteiger partial charge < -0.3 is 24.3 Å². The van der Waals surface area contributed by atoms with Crippen molar-refractivity contribution in [3.05, 3.63) is 108 Å². The molecule has 0 saturated heterocycles. The molecule has 0 heterocycles. The SMILES string of the molecule is COc1cc(C=C(C(=O)OCC(=O)Nc2ccc(C#N)cc2)c2ccc(-c3ccccc3)cc2)cc(OC)c1OC. The standard InChI is InChI=1S/C33H28N2O6/c1-38-29-18-23(19-30(39-2)32(29)40-3)17-28(26-13-11-25(12-14-26)24-7-5-4-6-8-24)33(37)41-21-31(36)35-27-15-9-22(20-34)10-16-27/h4-19H,21H2,1-3H3,(H,35,36). The lowest BCUT2D eigenvalue weighted by atomic mass is 9.98. The number of hydrogen-bond acceptors (Lipinski definition) is 7. The van der Waals surface area contributed by atoms with Crippen molar-refractivity contribution in [1.29, 1.82) is 5.26 Å². The first-order valence-corrected chi connectivity index (χ1v) is 12.6. The van der Waals surface area contributed by atoms with Crippen molar-refractivity contribution in [2.75, 3.05) is 33.3 Å². The summed E-state index contributed by atoms with van der Waals surface area (Å²) in [5.41, 5.74) is 4.39. The van der Waals surface area contributed by atoms with Gasteiger partial charge in [-0.05, 0) is 64.7 Å². The number of anilines is 1. The average molecular weight is 549 g/mol. The second-order valence-corrected chi connectivity index (χ2v) is 8.77. The zero-order valence-corrected chi connectivity index (χ0v) is 22.8. The van der Waals surface area contributed by atoms with Crippen LogP contribution in [-0.2, 0) is 14.3 Å². The maximum atomic E-state index is 13.4. The van der Waals surface area contributed by atoms with Gasteiger partial charge in [0.15, 0.2) is 18.1 Å². The number of nitrogens with one attached hydrogen (secondary N) is 1. The van der Waals surface area contributed by atoms with E-state index < -0.39 is 18.5 Å². The number of ether oxygens (including phenoxy) is 4. The summed E-state index contributed by atoms with van der Waals surface area (Å²) in [5.74, 6) is 0.0536. The van der Waals surface area contributed by atoms with Gasteiger partial charge in [-0.2, -0.15) is 5.26 Å². The molecule has 4 aromatic rings. The molecule has 0 aromatic heterocycles. The van der Waals surface area contributed by atoms with E-state index in [0.29, 0.717) is 39.6 Å². The molecule has 4 aromatic carbocycles. The second kappa shape index (κ2) is 13.5. The topological polar surface area (TPSA) is 107 Å². The lowest BCUT2D eigenvalue weighted by molar-refractivity contribution is -0.141. The number of rotatable bonds is 10. The highest BCUT2D eigenvalue weighted by Gasteiger charge is 2.18. The van der Waals surface area contributed by atoms with Gasteiger partial charge in [0.25, 0.3) is 5.91 Å². The van der Waals surface area contributed by atoms with Crippen LogP contribution in [0.5, 0.6) is 17.2 Å². The fourth-order valence-corrected chi connectivity index (χ4v) is 4.12. The number of nitriles is 1. The van der Waals surface area contributed by atoms with E-state index >= 15 is 0 Å². The highest BCUT2D eigenvalue weighted by Crippen LogP contribution is 2.39. The van der Waals surface area contributed by atoms with Crippen molar-refractivity contribution >= 4 is 29.2 Å². The lowest BCUT2D eigenvalue weighted by Crippen LogP contribution is -2.21. The molecule has 0 aliphatic heterocycles. The Bertz CT molecular complexity index is 1560. The predicted octanol–water partition coefficient (Wildman–Crippen LogP) is 5.97. The molecule has 206 valence electrons. The van der Waals surface area contributed by atoms with Crippen LogP contribution in [0.2, 0.25) is 0 Å². The third-order valence-corrected chi connectivity index (χ3v) is 6.15. The first-order valence-electron chi connectivity index (χ1n) is 12.6. The fourth-order valence-electron chi connectivity index (χ4n) is 4.12. The van der Waals surface area contributed by atoms with Crippen LogP contribution in [0.15, 0.2) is 91.0 Å². The number of nitrogens with zero attached hydrogens (tertiary/aromatic N) is 1. The van der Waals surface area contributed by atoms with Crippen LogP contribution in [0, 0.1) is 11.3 Å². The second-order valence-electron chi connectivity index (χ2n) is 8.77. The van der Waals surface area contributed by atoms with Crippen LogP contribution in [0.1, 0.15) is 16.7 Å². The van der Waals surface area contributed by atoms with Gasteiger partial charge in [-0.3, -0.25) is 4.79 Å². The van der Waals surface area contributed by atoms with E-state index in [1.54, 1.807) is 42.5 Å². The molecular formula is C33H28N2O6. The Morgan fingerprint density at radius 3 is 1.98 bits per heavy atom. The van der Waals surface area contributed by atoms with Crippen LogP contribution >= 0.6 is 0 Å². The van der Waals surface area contributed by atoms with Gasteiger partial charge in [0.1, 0.15) is 0 Å². The van der Waals surface area contributed by atoms with Crippen LogP contribution < -0.4 is 19.5 Å². The van der Waals surface area contributed by atoms with E-state index in [1.165, 1.54) is 21.3 Å². The highest BCUT2D eigenvalue weighted by atomic mass is 16.5. The molecule has 0 aliphatic rings. The number of benzene rings is 4. The molecule has 0 radical (unpaired) electrons. The Kier molecular flexibility index (Phi) is 9.36. The summed E-state index contributed by atoms with van der Waals surface area (Å²) in [6.07, 6.45) is 1.64. The van der Waals surface area contributed by atoms with E-state index in [0.717, 1.165) is 11.1 Å². The first-order chi connectivity index (χ1) is 19.9. The predicted molar refractivity (Wildman–Crippen MR) is 157 cm³/mol. The molecule has 8 nitrogen and oxygen atoms in total. The average Bonchev–Trinajstić information content (AvgIpc) is 3.02. The number of methoxy groups -OCH3 is 3. The molecule has 4 rings (SSSR count). The lowest BCUT2D eigenvalue weighted by Gasteiger charge is -2.14. The normalized spacial score (nSPS) is 10.7. The molecule has 0 fully saturated rings. The Labute approximate surface area is 238 Å². The van der Waals surface area contributed by atoms with Crippen molar-refractivity contribution in [2.45, 2.75) is 0 Å². The summed E-state index contributed by atoms with van der Waals surface area (Å²) in [7, 11) is 4.53. The van der Waals surface area contributed by atoms with E-state index in [4.69, 9.17) is 24.2 Å². The largest absolute Gasteiger partial charge is 0.493 e. The van der Waals surface area contributed by atoms with E-state index in [2.05, 4.69) is 5.32 Å². The number of amides is 1. The zero-order valence-electron chi connectivity index (χ0n) is 22.8. The van der Waals surface area contributed by atoms with Gasteiger partial charge >= 0.3 is 5.97 Å². The molecule has 0 spiro atoms. The molecule has 1 N–H and O–H groups in total. The minimum atomic E-state index is -0.693. The van der Waals surface area contributed by atoms with Crippen LogP contribution in [0.3, 0.4) is 0 Å². The Morgan fingerprint density at radius 2 is 1.41 bits per heavy atom. The molecular weight excluding hydrogens is 520 g/mol. The van der Waals surface area contributed by atoms with Crippen LogP contribution in [0.4, 0.5) is 5.69 Å². The summed E-state index contributed by atoms with van der Waals surface area (Å²) >= 11 is 0. The van der Waals surface area contributed by atoms with Crippen molar-refractivity contribution in [1.82, 2.24) is 0 Å². The molecule has 0 bridgehead atoms. The van der Waals surface area contributed by atoms with Crippen molar-refractivity contribution in [3.63, 3.8) is 0 Å². The monoisotopic (exact) mass is 548 g/mol. The summed E-state index contributed by atoms with van der Waals surface area (Å²) < 4.78 is 21.8. The number of esters is 1. The maximum Gasteiger partial charge on any atom is 0.339 e. The first kappa shape index (κ1) is 28.5. The molecule has 0 atom stereocenters. The van der Waals surface area contributed by atoms with Gasteiger partial charge in [-0.1, -0.05) is 54.6 Å². The van der Waals surface area contributed by atoms with Gasteiger partial charge in [0.05, 0.1) is 38.5 Å². The number of carbonyl (C=O) groups excluding carboxylic acids is 2. The molecule has 0 aliphatic carbocycles. The van der Waals surface area contributed by atoms with Crippen LogP contribution in [0.25, 0.3) is 22.8 Å². The fraction of sp³-hybridized carbons (Fsp3) is 0.121. The highest BCUT2D eigenvalue weighted by molar-refractivity contribution is 6.22. The molecule has 1 amide bonds. The molecule has 0 saturated carbocycles. The smallest absolute Gasteiger partial charge is 0.339 e. The van der Waals surface area contributed by atoms with Crippen molar-refractivity contribution in [2.24, 2.45) is 0 Å². The summed E-state index contributed by atoms with van der Waals surface area (Å²) in [6, 6.07) is 29.2. The van der Waals surface area contributed by atoms with Gasteiger partial charge in [-0.15, -0.1) is 0 Å². The van der Waals surface area contributed by atoms with Crippen LogP contribution in [-0.4, -0.2) is 39.8 Å². The summed E-state index contributed by atoms with van der Waals surface area (Å²) in [4.78, 5) is 25.9. The molecule has 41 heavy (non-hydrogen) atoms. The zero-order chi connectivity index (χ0) is 29.2. The third kappa shape index (κ3) is 7.11. The Morgan fingerprint density at radius 1 is 0.805 bits per heavy atom. The maximum absolute atomic E-state index is 13.4. The molecule has 8 heteroatoms. The van der Waals surface area contributed by atoms with E-state index in [1.807, 2.05) is 60.7 Å². The van der Waals surface area contributed by atoms with E-state index in [-0.39, 0.29) is 5.57 Å². The number of carbonyl (C=O) groups is 2. The number of hydrogen-bond donors (Lipinski definition) is 1. The minimum Gasteiger partial charge on any atom is -0.493 e. The third-order valence-electron chi connectivity index (χ3n) is 6.15.